The first-order valence-corrected chi connectivity index (χ1v) is 11.7. The number of ether oxygens (including phenoxy) is 2. The quantitative estimate of drug-likeness (QED) is 0.357. The third-order valence-electron chi connectivity index (χ3n) is 4.88. The molecule has 0 aliphatic rings. The van der Waals surface area contributed by atoms with Crippen molar-refractivity contribution in [2.45, 2.75) is 78.9 Å². The molecule has 7 nitrogen and oxygen atoms in total. The first-order chi connectivity index (χ1) is 15.2. The summed E-state index contributed by atoms with van der Waals surface area (Å²) in [5, 5.41) is 6.04. The van der Waals surface area contributed by atoms with Crippen LogP contribution in [0.1, 0.15) is 67.2 Å². The monoisotopic (exact) mass is 482 g/mol. The minimum atomic E-state index is -0.720. The van der Waals surface area contributed by atoms with Gasteiger partial charge in [0.25, 0.3) is 0 Å². The van der Waals surface area contributed by atoms with E-state index in [-0.39, 0.29) is 18.2 Å². The molecule has 0 fully saturated rings. The van der Waals surface area contributed by atoms with Crippen molar-refractivity contribution in [1.29, 1.82) is 0 Å². The summed E-state index contributed by atoms with van der Waals surface area (Å²) in [5.74, 6) is -0.975. The number of rotatable bonds is 11. The summed E-state index contributed by atoms with van der Waals surface area (Å²) in [4.78, 5) is 37.9. The number of halogens is 1. The van der Waals surface area contributed by atoms with Gasteiger partial charge in [-0.25, -0.2) is 0 Å². The van der Waals surface area contributed by atoms with Crippen LogP contribution in [0.4, 0.5) is 0 Å². The molecule has 1 aromatic carbocycles. The van der Waals surface area contributed by atoms with E-state index in [0.29, 0.717) is 36.6 Å². The van der Waals surface area contributed by atoms with E-state index in [4.69, 9.17) is 21.1 Å². The summed E-state index contributed by atoms with van der Waals surface area (Å²) in [6.07, 6.45) is 1.78. The summed E-state index contributed by atoms with van der Waals surface area (Å²) in [6.45, 7) is 11.5. The lowest BCUT2D eigenvalue weighted by molar-refractivity contribution is -0.157. The molecule has 0 heterocycles. The van der Waals surface area contributed by atoms with Crippen LogP contribution >= 0.6 is 11.6 Å². The first kappa shape index (κ1) is 28.8. The predicted molar refractivity (Wildman–Crippen MR) is 130 cm³/mol. The zero-order valence-electron chi connectivity index (χ0n) is 20.9. The number of hydrogen-bond donors (Lipinski definition) is 2. The Morgan fingerprint density at radius 1 is 1.03 bits per heavy atom. The largest absolute Gasteiger partial charge is 0.494 e. The van der Waals surface area contributed by atoms with Gasteiger partial charge in [-0.3, -0.25) is 14.4 Å². The maximum absolute atomic E-state index is 13.1. The highest BCUT2D eigenvalue weighted by molar-refractivity contribution is 6.30. The van der Waals surface area contributed by atoms with Gasteiger partial charge < -0.3 is 20.1 Å². The van der Waals surface area contributed by atoms with Gasteiger partial charge in [-0.2, -0.15) is 0 Å². The van der Waals surface area contributed by atoms with Crippen LogP contribution in [0.15, 0.2) is 24.3 Å². The van der Waals surface area contributed by atoms with Crippen LogP contribution in [0, 0.1) is 11.3 Å². The minimum Gasteiger partial charge on any atom is -0.494 e. The Morgan fingerprint density at radius 2 is 1.70 bits per heavy atom. The molecular formula is C25H39ClN2O5. The van der Waals surface area contributed by atoms with Crippen molar-refractivity contribution in [1.82, 2.24) is 10.6 Å². The molecule has 0 aromatic heterocycles. The third-order valence-corrected chi connectivity index (χ3v) is 5.11. The van der Waals surface area contributed by atoms with Gasteiger partial charge in [-0.05, 0) is 63.6 Å². The summed E-state index contributed by atoms with van der Waals surface area (Å²) in [6, 6.07) is 6.44. The van der Waals surface area contributed by atoms with E-state index in [2.05, 4.69) is 10.6 Å². The van der Waals surface area contributed by atoms with E-state index in [0.717, 1.165) is 0 Å². The molecule has 1 aromatic rings. The lowest BCUT2D eigenvalue weighted by Gasteiger charge is -2.31. The van der Waals surface area contributed by atoms with Crippen molar-refractivity contribution < 1.29 is 23.9 Å². The van der Waals surface area contributed by atoms with Crippen molar-refractivity contribution in [2.24, 2.45) is 11.3 Å². The number of benzene rings is 1. The van der Waals surface area contributed by atoms with E-state index in [1.54, 1.807) is 32.9 Å². The Hall–Kier alpha value is -2.28. The molecule has 2 atom stereocenters. The van der Waals surface area contributed by atoms with Gasteiger partial charge in [0.2, 0.25) is 11.8 Å². The molecule has 1 rings (SSSR count). The van der Waals surface area contributed by atoms with E-state index in [1.165, 1.54) is 7.05 Å². The van der Waals surface area contributed by atoms with Crippen molar-refractivity contribution in [3.8, 4) is 5.75 Å². The second kappa shape index (κ2) is 12.8. The summed E-state index contributed by atoms with van der Waals surface area (Å²) < 4.78 is 11.1. The molecule has 0 spiro atoms. The van der Waals surface area contributed by atoms with Gasteiger partial charge in [0, 0.05) is 18.0 Å². The molecule has 2 amide bonds. The third kappa shape index (κ3) is 11.4. The second-order valence-electron chi connectivity index (χ2n) is 10.2. The van der Waals surface area contributed by atoms with Gasteiger partial charge in [-0.15, -0.1) is 0 Å². The maximum atomic E-state index is 13.1. The molecule has 0 aliphatic carbocycles. The highest BCUT2D eigenvalue weighted by atomic mass is 35.5. The SMILES string of the molecule is CNC(=O)[C@@H](NC(=O)[C@@H](CCCCOc1cccc(Cl)c1)CC(=O)OC(C)(C)C)C(C)(C)C. The van der Waals surface area contributed by atoms with Gasteiger partial charge in [0.1, 0.15) is 17.4 Å². The average Bonchev–Trinajstić information content (AvgIpc) is 2.68. The fourth-order valence-corrected chi connectivity index (χ4v) is 3.41. The smallest absolute Gasteiger partial charge is 0.307 e. The topological polar surface area (TPSA) is 93.7 Å². The number of nitrogens with one attached hydrogen (secondary N) is 2. The van der Waals surface area contributed by atoms with Crippen LogP contribution in [0.2, 0.25) is 5.02 Å². The normalized spacial score (nSPS) is 13.6. The average molecular weight is 483 g/mol. The maximum Gasteiger partial charge on any atom is 0.307 e. The lowest BCUT2D eigenvalue weighted by atomic mass is 9.85. The molecule has 0 radical (unpaired) electrons. The van der Waals surface area contributed by atoms with E-state index in [9.17, 15) is 14.4 Å². The number of esters is 1. The lowest BCUT2D eigenvalue weighted by Crippen LogP contribution is -2.54. The Morgan fingerprint density at radius 3 is 2.24 bits per heavy atom. The van der Waals surface area contributed by atoms with Gasteiger partial charge in [0.05, 0.1) is 13.0 Å². The summed E-state index contributed by atoms with van der Waals surface area (Å²) in [7, 11) is 1.53. The zero-order chi connectivity index (χ0) is 25.2. The number of amides is 2. The first-order valence-electron chi connectivity index (χ1n) is 11.3. The van der Waals surface area contributed by atoms with Crippen LogP contribution in [-0.2, 0) is 19.1 Å². The van der Waals surface area contributed by atoms with Crippen molar-refractivity contribution in [3.63, 3.8) is 0 Å². The number of carbonyl (C=O) groups is 3. The fraction of sp³-hybridized carbons (Fsp3) is 0.640. The van der Waals surface area contributed by atoms with Gasteiger partial charge in [0.15, 0.2) is 0 Å². The van der Waals surface area contributed by atoms with Gasteiger partial charge >= 0.3 is 5.97 Å². The zero-order valence-corrected chi connectivity index (χ0v) is 21.7. The second-order valence-corrected chi connectivity index (χ2v) is 10.6. The van der Waals surface area contributed by atoms with Crippen molar-refractivity contribution in [2.75, 3.05) is 13.7 Å². The molecule has 2 N–H and O–H groups in total. The molecule has 0 saturated heterocycles. The van der Waals surface area contributed by atoms with Crippen LogP contribution < -0.4 is 15.4 Å². The fourth-order valence-electron chi connectivity index (χ4n) is 3.23. The molecular weight excluding hydrogens is 444 g/mol. The Balaban J connectivity index is 2.77. The molecule has 33 heavy (non-hydrogen) atoms. The van der Waals surface area contributed by atoms with Crippen LogP contribution in [-0.4, -0.2) is 43.1 Å². The predicted octanol–water partition coefficient (Wildman–Crippen LogP) is 4.51. The number of hydrogen-bond acceptors (Lipinski definition) is 5. The minimum absolute atomic E-state index is 0.0527. The van der Waals surface area contributed by atoms with E-state index >= 15 is 0 Å². The standard InChI is InChI=1S/C25H39ClN2O5/c1-24(2,3)21(23(31)27-7)28-22(30)17(15-20(29)33-25(4,5)6)11-8-9-14-32-19-13-10-12-18(26)16-19/h10,12-13,16-17,21H,8-9,11,14-15H2,1-7H3,(H,27,31)(H,28,30)/t17-,21+/m0/s1. The Labute approximate surface area is 202 Å². The number of carbonyl (C=O) groups excluding carboxylic acids is 3. The molecule has 0 aliphatic heterocycles. The molecule has 0 unspecified atom stereocenters. The number of likely N-dealkylation sites (N-methyl/N-ethyl adjacent to an activating group) is 1. The van der Waals surface area contributed by atoms with Crippen LogP contribution in [0.3, 0.4) is 0 Å². The molecule has 186 valence electrons. The summed E-state index contributed by atoms with van der Waals surface area (Å²) >= 11 is 5.96. The van der Waals surface area contributed by atoms with E-state index < -0.39 is 28.9 Å². The van der Waals surface area contributed by atoms with Crippen molar-refractivity contribution >= 4 is 29.4 Å². The van der Waals surface area contributed by atoms with Crippen LogP contribution in [0.25, 0.3) is 0 Å². The van der Waals surface area contributed by atoms with E-state index in [1.807, 2.05) is 32.9 Å². The number of unbranched alkanes of at least 4 members (excludes halogenated alkanes) is 1. The van der Waals surface area contributed by atoms with Crippen molar-refractivity contribution in [3.05, 3.63) is 29.3 Å². The molecule has 0 bridgehead atoms. The van der Waals surface area contributed by atoms with Gasteiger partial charge in [-0.1, -0.05) is 38.4 Å². The highest BCUT2D eigenvalue weighted by Crippen LogP contribution is 2.23. The Kier molecular flexibility index (Phi) is 11.2. The Bertz CT molecular complexity index is 799. The molecule has 8 heteroatoms. The molecule has 0 saturated carbocycles. The van der Waals surface area contributed by atoms with Crippen LogP contribution in [0.5, 0.6) is 5.75 Å². The summed E-state index contributed by atoms with van der Waals surface area (Å²) in [5.41, 5.74) is -1.13. The highest BCUT2D eigenvalue weighted by Gasteiger charge is 2.34.